The molecule has 0 radical (unpaired) electrons. The smallest absolute Gasteiger partial charge is 0.270 e. The Morgan fingerprint density at radius 1 is 1.00 bits per heavy atom. The van der Waals surface area contributed by atoms with Crippen molar-refractivity contribution in [1.82, 2.24) is 15.3 Å². The molecule has 26 heavy (non-hydrogen) atoms. The summed E-state index contributed by atoms with van der Waals surface area (Å²) in [7, 11) is 0. The number of amides is 1. The minimum Gasteiger partial charge on any atom is -0.350 e. The quantitative estimate of drug-likeness (QED) is 0.692. The van der Waals surface area contributed by atoms with Gasteiger partial charge in [-0.1, -0.05) is 48.0 Å². The summed E-state index contributed by atoms with van der Waals surface area (Å²) in [5.41, 5.74) is 1.50. The number of benzene rings is 2. The van der Waals surface area contributed by atoms with Gasteiger partial charge in [-0.3, -0.25) is 4.79 Å². The number of anilines is 1. The second-order valence-electron chi connectivity index (χ2n) is 5.48. The minimum absolute atomic E-state index is 0.0812. The number of nitrogens with one attached hydrogen (secondary N) is 2. The van der Waals surface area contributed by atoms with Gasteiger partial charge in [0.1, 0.15) is 11.5 Å². The normalized spacial score (nSPS) is 10.4. The zero-order valence-electron chi connectivity index (χ0n) is 13.7. The molecule has 5 nitrogen and oxygen atoms in total. The molecule has 0 fully saturated rings. The fourth-order valence-electron chi connectivity index (χ4n) is 2.29. The van der Waals surface area contributed by atoms with Crippen molar-refractivity contribution in [3.63, 3.8) is 0 Å². The zero-order chi connectivity index (χ0) is 18.4. The lowest BCUT2D eigenvalue weighted by Crippen LogP contribution is -2.24. The van der Waals surface area contributed by atoms with Gasteiger partial charge in [-0.15, -0.1) is 0 Å². The van der Waals surface area contributed by atoms with E-state index in [2.05, 4.69) is 20.6 Å². The molecule has 2 aromatic carbocycles. The highest BCUT2D eigenvalue weighted by Crippen LogP contribution is 2.15. The zero-order valence-corrected chi connectivity index (χ0v) is 14.5. The Hall–Kier alpha value is -2.99. The first kappa shape index (κ1) is 17.8. The van der Waals surface area contributed by atoms with Crippen molar-refractivity contribution in [2.45, 2.75) is 13.1 Å². The van der Waals surface area contributed by atoms with Gasteiger partial charge >= 0.3 is 0 Å². The predicted octanol–water partition coefficient (Wildman–Crippen LogP) is 3.81. The van der Waals surface area contributed by atoms with Crippen LogP contribution in [-0.4, -0.2) is 15.9 Å². The van der Waals surface area contributed by atoms with Crippen LogP contribution in [-0.2, 0) is 13.1 Å². The van der Waals surface area contributed by atoms with Crippen molar-refractivity contribution in [3.05, 3.63) is 88.5 Å². The third-order valence-electron chi connectivity index (χ3n) is 3.68. The number of nitrogens with zero attached hydrogens (tertiary/aromatic N) is 2. The van der Waals surface area contributed by atoms with Crippen molar-refractivity contribution in [2.24, 2.45) is 0 Å². The van der Waals surface area contributed by atoms with E-state index in [9.17, 15) is 9.18 Å². The average Bonchev–Trinajstić information content (AvgIpc) is 2.67. The number of halogens is 2. The molecule has 0 saturated heterocycles. The van der Waals surface area contributed by atoms with Gasteiger partial charge in [-0.05, 0) is 23.8 Å². The van der Waals surface area contributed by atoms with E-state index in [4.69, 9.17) is 11.6 Å². The minimum atomic E-state index is -0.406. The Morgan fingerprint density at radius 2 is 1.73 bits per heavy atom. The number of hydrogen-bond acceptors (Lipinski definition) is 4. The Balaban J connectivity index is 1.62. The molecule has 0 atom stereocenters. The molecule has 3 aromatic rings. The molecule has 0 bridgehead atoms. The Bertz CT molecular complexity index is 919. The van der Waals surface area contributed by atoms with Crippen LogP contribution >= 0.6 is 11.6 Å². The van der Waals surface area contributed by atoms with Crippen LogP contribution in [0.3, 0.4) is 0 Å². The number of carbonyl (C=O) groups excluding carboxylic acids is 1. The molecule has 0 saturated carbocycles. The van der Waals surface area contributed by atoms with Crippen molar-refractivity contribution in [1.29, 1.82) is 0 Å². The summed E-state index contributed by atoms with van der Waals surface area (Å²) in [4.78, 5) is 20.5. The van der Waals surface area contributed by atoms with Gasteiger partial charge < -0.3 is 10.6 Å². The van der Waals surface area contributed by atoms with E-state index in [0.717, 1.165) is 5.56 Å². The van der Waals surface area contributed by atoms with E-state index in [1.807, 2.05) is 18.2 Å². The van der Waals surface area contributed by atoms with Gasteiger partial charge in [0.05, 0.1) is 0 Å². The average molecular weight is 371 g/mol. The molecule has 132 valence electrons. The number of hydrogen-bond donors (Lipinski definition) is 2. The van der Waals surface area contributed by atoms with E-state index in [1.165, 1.54) is 18.3 Å². The molecular weight excluding hydrogens is 355 g/mol. The molecule has 1 amide bonds. The van der Waals surface area contributed by atoms with Crippen LogP contribution in [0.5, 0.6) is 0 Å². The maximum absolute atomic E-state index is 13.6. The third-order valence-corrected chi connectivity index (χ3v) is 4.05. The van der Waals surface area contributed by atoms with Gasteiger partial charge in [-0.2, -0.15) is 0 Å². The lowest BCUT2D eigenvalue weighted by atomic mass is 10.2. The Labute approximate surface area is 155 Å². The molecule has 1 aromatic heterocycles. The van der Waals surface area contributed by atoms with Gasteiger partial charge in [0.25, 0.3) is 5.91 Å². The van der Waals surface area contributed by atoms with E-state index in [0.29, 0.717) is 23.1 Å². The monoisotopic (exact) mass is 370 g/mol. The van der Waals surface area contributed by atoms with Crippen LogP contribution in [0.2, 0.25) is 5.02 Å². The van der Waals surface area contributed by atoms with E-state index in [-0.39, 0.29) is 18.1 Å². The predicted molar refractivity (Wildman–Crippen MR) is 98.4 cm³/mol. The van der Waals surface area contributed by atoms with Crippen LogP contribution in [0, 0.1) is 5.82 Å². The van der Waals surface area contributed by atoms with Gasteiger partial charge in [-0.25, -0.2) is 14.4 Å². The summed E-state index contributed by atoms with van der Waals surface area (Å²) in [5, 5.41) is 6.32. The number of carbonyl (C=O) groups is 1. The summed E-state index contributed by atoms with van der Waals surface area (Å²) < 4.78 is 13.6. The fraction of sp³-hybridized carbons (Fsp3) is 0.105. The number of aromatic nitrogens is 2. The van der Waals surface area contributed by atoms with Crippen molar-refractivity contribution >= 4 is 23.5 Å². The lowest BCUT2D eigenvalue weighted by Gasteiger charge is -2.09. The molecule has 0 aliphatic carbocycles. The van der Waals surface area contributed by atoms with Crippen LogP contribution in [0.25, 0.3) is 0 Å². The highest BCUT2D eigenvalue weighted by molar-refractivity contribution is 6.31. The van der Waals surface area contributed by atoms with Crippen molar-refractivity contribution in [2.75, 3.05) is 5.32 Å². The SMILES string of the molecule is O=C(NCc1ccccc1F)c1ccnc(NCc2ccccc2Cl)n1. The third kappa shape index (κ3) is 4.55. The fourth-order valence-corrected chi connectivity index (χ4v) is 2.50. The Morgan fingerprint density at radius 3 is 2.50 bits per heavy atom. The summed E-state index contributed by atoms with van der Waals surface area (Å²) in [5.74, 6) is -0.461. The molecule has 2 N–H and O–H groups in total. The first-order valence-corrected chi connectivity index (χ1v) is 8.33. The molecule has 3 rings (SSSR count). The number of rotatable bonds is 6. The van der Waals surface area contributed by atoms with Crippen molar-refractivity contribution < 1.29 is 9.18 Å². The summed E-state index contributed by atoms with van der Waals surface area (Å²) >= 11 is 6.11. The van der Waals surface area contributed by atoms with E-state index < -0.39 is 5.91 Å². The topological polar surface area (TPSA) is 66.9 Å². The molecule has 7 heteroatoms. The molecule has 0 spiro atoms. The van der Waals surface area contributed by atoms with Crippen LogP contribution in [0.4, 0.5) is 10.3 Å². The van der Waals surface area contributed by atoms with Crippen LogP contribution < -0.4 is 10.6 Å². The van der Waals surface area contributed by atoms with Crippen LogP contribution in [0.15, 0.2) is 60.8 Å². The Kier molecular flexibility index (Phi) is 5.76. The molecule has 0 unspecified atom stereocenters. The molecular formula is C19H16ClFN4O. The second-order valence-corrected chi connectivity index (χ2v) is 5.89. The summed E-state index contributed by atoms with van der Waals surface area (Å²) in [6.45, 7) is 0.512. The molecule has 0 aliphatic heterocycles. The van der Waals surface area contributed by atoms with Gasteiger partial charge in [0, 0.05) is 29.9 Å². The van der Waals surface area contributed by atoms with E-state index in [1.54, 1.807) is 24.3 Å². The standard InChI is InChI=1S/C19H16ClFN4O/c20-15-7-3-1-5-13(15)11-24-19-22-10-9-17(25-19)18(26)23-12-14-6-2-4-8-16(14)21/h1-10H,11-12H2,(H,23,26)(H,22,24,25). The summed E-state index contributed by atoms with van der Waals surface area (Å²) in [6.07, 6.45) is 1.49. The lowest BCUT2D eigenvalue weighted by molar-refractivity contribution is 0.0945. The summed E-state index contributed by atoms with van der Waals surface area (Å²) in [6, 6.07) is 15.2. The van der Waals surface area contributed by atoms with E-state index >= 15 is 0 Å². The largest absolute Gasteiger partial charge is 0.350 e. The molecule has 1 heterocycles. The highest BCUT2D eigenvalue weighted by Gasteiger charge is 2.10. The maximum atomic E-state index is 13.6. The van der Waals surface area contributed by atoms with Crippen LogP contribution in [0.1, 0.15) is 21.6 Å². The highest BCUT2D eigenvalue weighted by atomic mass is 35.5. The first-order chi connectivity index (χ1) is 12.6. The van der Waals surface area contributed by atoms with Gasteiger partial charge in [0.15, 0.2) is 0 Å². The maximum Gasteiger partial charge on any atom is 0.270 e. The first-order valence-electron chi connectivity index (χ1n) is 7.95. The second kappa shape index (κ2) is 8.40. The molecule has 0 aliphatic rings. The van der Waals surface area contributed by atoms with Gasteiger partial charge in [0.2, 0.25) is 5.95 Å². The van der Waals surface area contributed by atoms with Crippen molar-refractivity contribution in [3.8, 4) is 0 Å².